The largest absolute Gasteiger partial charge is 0.506 e. The van der Waals surface area contributed by atoms with Gasteiger partial charge in [0.15, 0.2) is 5.78 Å². The van der Waals surface area contributed by atoms with E-state index in [9.17, 15) is 14.7 Å². The Kier molecular flexibility index (Phi) is 6.61. The van der Waals surface area contributed by atoms with Gasteiger partial charge in [-0.25, -0.2) is 4.39 Å². The highest BCUT2D eigenvalue weighted by Crippen LogP contribution is 2.51. The van der Waals surface area contributed by atoms with E-state index in [4.69, 9.17) is 4.74 Å². The molecule has 206 valence electrons. The molecule has 0 saturated heterocycles. The van der Waals surface area contributed by atoms with E-state index < -0.39 is 11.9 Å². The molecule has 3 aliphatic rings. The van der Waals surface area contributed by atoms with Crippen LogP contribution in [-0.4, -0.2) is 16.8 Å². The van der Waals surface area contributed by atoms with Gasteiger partial charge in [0.05, 0.1) is 11.7 Å². The molecular weight excluding hydrogens is 507 g/mol. The molecular formula is C33H33FN2O4. The average molecular weight is 541 g/mol. The maximum absolute atomic E-state index is 16.1. The van der Waals surface area contributed by atoms with Crippen LogP contribution in [0.5, 0.6) is 11.5 Å². The second kappa shape index (κ2) is 10.1. The number of phenols is 1. The summed E-state index contributed by atoms with van der Waals surface area (Å²) in [6.07, 6.45) is 3.22. The van der Waals surface area contributed by atoms with Crippen LogP contribution in [0.1, 0.15) is 63.1 Å². The van der Waals surface area contributed by atoms with Crippen molar-refractivity contribution in [3.63, 3.8) is 0 Å². The number of hydrogen-bond acceptors (Lipinski definition) is 5. The van der Waals surface area contributed by atoms with E-state index in [0.29, 0.717) is 34.8 Å². The minimum absolute atomic E-state index is 0.0302. The molecule has 2 N–H and O–H groups in total. The fourth-order valence-corrected chi connectivity index (χ4v) is 5.99. The van der Waals surface area contributed by atoms with Crippen LogP contribution in [0.4, 0.5) is 15.8 Å². The Balaban J connectivity index is 1.49. The molecule has 1 aliphatic heterocycles. The van der Waals surface area contributed by atoms with Crippen LogP contribution in [0.15, 0.2) is 78.0 Å². The van der Waals surface area contributed by atoms with Gasteiger partial charge < -0.3 is 15.2 Å². The molecule has 1 atom stereocenters. The fourth-order valence-electron chi connectivity index (χ4n) is 5.99. The monoisotopic (exact) mass is 540 g/mol. The Labute approximate surface area is 233 Å². The van der Waals surface area contributed by atoms with Gasteiger partial charge in [-0.1, -0.05) is 56.7 Å². The van der Waals surface area contributed by atoms with Crippen molar-refractivity contribution in [1.29, 1.82) is 0 Å². The highest BCUT2D eigenvalue weighted by Gasteiger charge is 2.46. The number of carbonyl (C=O) groups excluding carboxylic acids is 2. The number of Topliss-reactive ketones (excluding diaryl/α,β-unsaturated/α-hetero) is 1. The van der Waals surface area contributed by atoms with E-state index in [1.54, 1.807) is 35.2 Å². The number of benzene rings is 3. The Hall–Kier alpha value is -4.13. The lowest BCUT2D eigenvalue weighted by atomic mass is 9.73. The van der Waals surface area contributed by atoms with Crippen molar-refractivity contribution >= 4 is 23.1 Å². The predicted octanol–water partition coefficient (Wildman–Crippen LogP) is 7.05. The van der Waals surface area contributed by atoms with Crippen molar-refractivity contribution in [1.82, 2.24) is 0 Å². The van der Waals surface area contributed by atoms with Crippen LogP contribution in [0.2, 0.25) is 0 Å². The number of amides is 1. The summed E-state index contributed by atoms with van der Waals surface area (Å²) in [7, 11) is 0. The normalized spacial score (nSPS) is 20.1. The second-order valence-corrected chi connectivity index (χ2v) is 11.8. The number of carbonyl (C=O) groups is 2. The van der Waals surface area contributed by atoms with Crippen LogP contribution in [0.3, 0.4) is 0 Å². The zero-order chi connectivity index (χ0) is 28.0. The summed E-state index contributed by atoms with van der Waals surface area (Å²) in [5, 5.41) is 14.2. The molecule has 0 aromatic heterocycles. The van der Waals surface area contributed by atoms with E-state index >= 15 is 4.39 Å². The van der Waals surface area contributed by atoms with Crippen LogP contribution in [0.25, 0.3) is 0 Å². The summed E-state index contributed by atoms with van der Waals surface area (Å²) in [5.41, 5.74) is 2.63. The molecule has 1 amide bonds. The molecule has 1 saturated carbocycles. The van der Waals surface area contributed by atoms with Gasteiger partial charge in [-0.05, 0) is 54.5 Å². The van der Waals surface area contributed by atoms with Gasteiger partial charge >= 0.3 is 0 Å². The van der Waals surface area contributed by atoms with Crippen LogP contribution in [0, 0.1) is 17.2 Å². The SMILES string of the molecule is CC1(C)CC(=O)C2=C(C1)Nc1c(O)cccc1N(C(=O)C1CCC1)[C@H]2c1ccc(OCc2ccccc2)cc1F. The molecule has 7 heteroatoms. The molecule has 0 bridgehead atoms. The number of para-hydroxylation sites is 1. The van der Waals surface area contributed by atoms with Crippen molar-refractivity contribution < 1.29 is 23.8 Å². The molecule has 6 rings (SSSR count). The van der Waals surface area contributed by atoms with Gasteiger partial charge in [0, 0.05) is 35.2 Å². The van der Waals surface area contributed by atoms with Gasteiger partial charge in [0.25, 0.3) is 0 Å². The molecule has 3 aromatic rings. The fraction of sp³-hybridized carbons (Fsp3) is 0.333. The average Bonchev–Trinajstić information content (AvgIpc) is 3.02. The lowest BCUT2D eigenvalue weighted by Gasteiger charge is -2.39. The van der Waals surface area contributed by atoms with Gasteiger partial charge in [-0.2, -0.15) is 0 Å². The van der Waals surface area contributed by atoms with Crippen molar-refractivity contribution in [2.24, 2.45) is 11.3 Å². The molecule has 40 heavy (non-hydrogen) atoms. The molecule has 0 unspecified atom stereocenters. The zero-order valence-electron chi connectivity index (χ0n) is 22.7. The standard InChI is InChI=1S/C33H33FN2O4/c1-33(2)17-25-29(28(38)18-33)31(23-15-14-22(16-24(23)34)40-19-20-8-4-3-5-9-20)36(32(39)21-10-6-11-21)26-12-7-13-27(37)30(26)35-25/h3-5,7-9,12-16,21,31,35,37H,6,10-11,17-19H2,1-2H3/t31-/m0/s1. The molecule has 6 nitrogen and oxygen atoms in total. The third-order valence-corrected chi connectivity index (χ3v) is 8.21. The van der Waals surface area contributed by atoms with Crippen LogP contribution >= 0.6 is 0 Å². The topological polar surface area (TPSA) is 78.9 Å². The maximum Gasteiger partial charge on any atom is 0.231 e. The summed E-state index contributed by atoms with van der Waals surface area (Å²) >= 11 is 0. The third-order valence-electron chi connectivity index (χ3n) is 8.21. The van der Waals surface area contributed by atoms with E-state index in [1.165, 1.54) is 6.07 Å². The van der Waals surface area contributed by atoms with E-state index in [2.05, 4.69) is 5.32 Å². The van der Waals surface area contributed by atoms with E-state index in [-0.39, 0.29) is 47.4 Å². The van der Waals surface area contributed by atoms with Gasteiger partial charge in [-0.15, -0.1) is 0 Å². The molecule has 1 fully saturated rings. The summed E-state index contributed by atoms with van der Waals surface area (Å²) in [4.78, 5) is 29.5. The number of anilines is 2. The van der Waals surface area contributed by atoms with Gasteiger partial charge in [0.2, 0.25) is 5.91 Å². The maximum atomic E-state index is 16.1. The number of hydrogen-bond donors (Lipinski definition) is 2. The Morgan fingerprint density at radius 3 is 2.55 bits per heavy atom. The van der Waals surface area contributed by atoms with Gasteiger partial charge in [0.1, 0.15) is 29.6 Å². The predicted molar refractivity (Wildman–Crippen MR) is 152 cm³/mol. The first kappa shape index (κ1) is 26.1. The lowest BCUT2D eigenvalue weighted by Crippen LogP contribution is -2.44. The minimum Gasteiger partial charge on any atom is -0.506 e. The first-order valence-electron chi connectivity index (χ1n) is 13.9. The highest BCUT2D eigenvalue weighted by atomic mass is 19.1. The second-order valence-electron chi connectivity index (χ2n) is 11.8. The number of ether oxygens (including phenoxy) is 1. The highest BCUT2D eigenvalue weighted by molar-refractivity contribution is 6.07. The first-order valence-corrected chi connectivity index (χ1v) is 13.9. The van der Waals surface area contributed by atoms with E-state index in [0.717, 1.165) is 24.8 Å². The Morgan fingerprint density at radius 2 is 1.85 bits per heavy atom. The molecule has 0 spiro atoms. The minimum atomic E-state index is -0.981. The lowest BCUT2D eigenvalue weighted by molar-refractivity contribution is -0.125. The summed E-state index contributed by atoms with van der Waals surface area (Å²) in [5.74, 6) is -0.748. The quantitative estimate of drug-likeness (QED) is 0.339. The summed E-state index contributed by atoms with van der Waals surface area (Å²) in [6.45, 7) is 4.31. The van der Waals surface area contributed by atoms with Gasteiger partial charge in [-0.3, -0.25) is 14.5 Å². The molecule has 3 aromatic carbocycles. The number of halogens is 1. The third kappa shape index (κ3) is 4.74. The van der Waals surface area contributed by atoms with Crippen molar-refractivity contribution in [2.45, 2.75) is 58.6 Å². The number of allylic oxidation sites excluding steroid dienone is 1. The molecule has 2 aliphatic carbocycles. The number of nitrogens with one attached hydrogen (secondary N) is 1. The Bertz CT molecular complexity index is 1510. The Morgan fingerprint density at radius 1 is 1.07 bits per heavy atom. The molecule has 0 radical (unpaired) electrons. The number of rotatable bonds is 5. The first-order chi connectivity index (χ1) is 19.2. The number of nitrogens with zero attached hydrogens (tertiary/aromatic N) is 1. The summed E-state index contributed by atoms with van der Waals surface area (Å²) < 4.78 is 22.0. The van der Waals surface area contributed by atoms with Crippen LogP contribution < -0.4 is 15.0 Å². The zero-order valence-corrected chi connectivity index (χ0v) is 22.7. The smallest absolute Gasteiger partial charge is 0.231 e. The number of ketones is 1. The number of fused-ring (bicyclic) bond motifs is 1. The molecule has 1 heterocycles. The van der Waals surface area contributed by atoms with Crippen molar-refractivity contribution in [2.75, 3.05) is 10.2 Å². The number of aromatic hydroxyl groups is 1. The number of phenolic OH excluding ortho intramolecular Hbond substituents is 1. The van der Waals surface area contributed by atoms with Crippen molar-refractivity contribution in [3.8, 4) is 11.5 Å². The van der Waals surface area contributed by atoms with Crippen LogP contribution in [-0.2, 0) is 16.2 Å². The van der Waals surface area contributed by atoms with Crippen molar-refractivity contribution in [3.05, 3.63) is 94.9 Å². The van der Waals surface area contributed by atoms with E-state index in [1.807, 2.05) is 44.2 Å². The summed E-state index contributed by atoms with van der Waals surface area (Å²) in [6, 6.07) is 18.2.